The first-order chi connectivity index (χ1) is 19.9. The molecule has 2 saturated heterocycles. The smallest absolute Gasteiger partial charge is 0.507 e. The molecule has 1 spiro atoms. The number of amides is 3. The molecule has 0 unspecified atom stereocenters. The molecular weight excluding hydrogens is 609 g/mol. The maximum Gasteiger partial charge on any atom is 0.507 e. The topological polar surface area (TPSA) is 191 Å². The molecule has 1 aliphatic carbocycles. The van der Waals surface area contributed by atoms with Gasteiger partial charge >= 0.3 is 6.16 Å². The SMILES string of the molecule is CS(=O)(=O)N1CC[C@H](c2ccc(O)cc2)[C@H]1C(=O)N[C@H]1CSSC[C@@H](OC(=O)O)NC(=O)C2(CCCC2)CCNC1=O. The van der Waals surface area contributed by atoms with Gasteiger partial charge in [0.15, 0.2) is 6.23 Å². The van der Waals surface area contributed by atoms with Gasteiger partial charge in [0.25, 0.3) is 0 Å². The molecule has 4 atom stereocenters. The third-order valence-electron chi connectivity index (χ3n) is 8.02. The van der Waals surface area contributed by atoms with Crippen molar-refractivity contribution in [3.8, 4) is 5.75 Å². The molecule has 1 aromatic rings. The first-order valence-electron chi connectivity index (χ1n) is 13.7. The van der Waals surface area contributed by atoms with Gasteiger partial charge in [-0.3, -0.25) is 14.4 Å². The van der Waals surface area contributed by atoms with E-state index in [1.165, 1.54) is 33.7 Å². The van der Waals surface area contributed by atoms with Gasteiger partial charge in [0.2, 0.25) is 27.7 Å². The van der Waals surface area contributed by atoms with E-state index in [2.05, 4.69) is 16.0 Å². The zero-order chi connectivity index (χ0) is 30.5. The number of phenols is 1. The fraction of sp³-hybridized carbons (Fsp3) is 0.615. The quantitative estimate of drug-likeness (QED) is 0.231. The summed E-state index contributed by atoms with van der Waals surface area (Å²) >= 11 is 0. The number of benzene rings is 1. The van der Waals surface area contributed by atoms with Gasteiger partial charge in [0.1, 0.15) is 17.8 Å². The second-order valence-corrected chi connectivity index (χ2v) is 15.3. The molecule has 3 aliphatic rings. The number of hydrogen-bond donors (Lipinski definition) is 5. The average Bonchev–Trinajstić information content (AvgIpc) is 3.58. The monoisotopic (exact) mass is 644 g/mol. The van der Waals surface area contributed by atoms with Crippen LogP contribution in [0.5, 0.6) is 5.75 Å². The molecule has 4 rings (SSSR count). The number of rotatable bonds is 5. The lowest BCUT2D eigenvalue weighted by atomic mass is 9.81. The Kier molecular flexibility index (Phi) is 10.5. The van der Waals surface area contributed by atoms with Crippen LogP contribution in [0.2, 0.25) is 0 Å². The Bertz CT molecular complexity index is 1270. The molecule has 16 heteroatoms. The van der Waals surface area contributed by atoms with Crippen molar-refractivity contribution in [1.82, 2.24) is 20.3 Å². The zero-order valence-electron chi connectivity index (χ0n) is 23.1. The van der Waals surface area contributed by atoms with Gasteiger partial charge in [-0.1, -0.05) is 46.6 Å². The molecule has 3 amide bonds. The number of carbonyl (C=O) groups is 4. The van der Waals surface area contributed by atoms with Gasteiger partial charge in [-0.2, -0.15) is 4.31 Å². The van der Waals surface area contributed by atoms with Crippen molar-refractivity contribution in [2.24, 2.45) is 5.41 Å². The van der Waals surface area contributed by atoms with E-state index in [1.807, 2.05) is 0 Å². The minimum atomic E-state index is -3.76. The van der Waals surface area contributed by atoms with E-state index in [0.29, 0.717) is 31.2 Å². The van der Waals surface area contributed by atoms with E-state index in [-0.39, 0.29) is 36.3 Å². The molecule has 0 bridgehead atoms. The summed E-state index contributed by atoms with van der Waals surface area (Å²) in [5, 5.41) is 27.2. The molecule has 5 N–H and O–H groups in total. The van der Waals surface area contributed by atoms with Crippen molar-refractivity contribution in [2.45, 2.75) is 62.8 Å². The predicted octanol–water partition coefficient (Wildman–Crippen LogP) is 1.59. The highest BCUT2D eigenvalue weighted by Gasteiger charge is 2.46. The van der Waals surface area contributed by atoms with E-state index in [4.69, 9.17) is 9.84 Å². The Balaban J connectivity index is 1.54. The number of hydrogen-bond acceptors (Lipinski definition) is 10. The lowest BCUT2D eigenvalue weighted by Gasteiger charge is -2.30. The fourth-order valence-corrected chi connectivity index (χ4v) is 9.19. The summed E-state index contributed by atoms with van der Waals surface area (Å²) in [6, 6.07) is 4.11. The van der Waals surface area contributed by atoms with E-state index in [0.717, 1.165) is 23.4 Å². The summed E-state index contributed by atoms with van der Waals surface area (Å²) in [6.45, 7) is 0.286. The van der Waals surface area contributed by atoms with Gasteiger partial charge in [-0.25, -0.2) is 13.2 Å². The number of phenolic OH excluding ortho intramolecular Hbond substituents is 1. The molecule has 2 heterocycles. The number of nitrogens with zero attached hydrogens (tertiary/aromatic N) is 1. The fourth-order valence-electron chi connectivity index (χ4n) is 5.90. The summed E-state index contributed by atoms with van der Waals surface area (Å²) in [5.74, 6) is -1.67. The number of sulfonamides is 1. The van der Waals surface area contributed by atoms with Gasteiger partial charge in [-0.05, 0) is 43.4 Å². The Morgan fingerprint density at radius 2 is 1.76 bits per heavy atom. The van der Waals surface area contributed by atoms with E-state index >= 15 is 0 Å². The molecule has 3 fully saturated rings. The minimum Gasteiger partial charge on any atom is -0.508 e. The molecule has 2 aliphatic heterocycles. The van der Waals surface area contributed by atoms with Crippen LogP contribution in [-0.4, -0.2) is 96.0 Å². The number of ether oxygens (including phenoxy) is 1. The Labute approximate surface area is 252 Å². The van der Waals surface area contributed by atoms with Crippen LogP contribution in [0.3, 0.4) is 0 Å². The average molecular weight is 645 g/mol. The maximum absolute atomic E-state index is 13.7. The predicted molar refractivity (Wildman–Crippen MR) is 157 cm³/mol. The summed E-state index contributed by atoms with van der Waals surface area (Å²) in [7, 11) is -1.39. The molecule has 0 aromatic heterocycles. The molecular formula is C26H36N4O9S3. The second-order valence-electron chi connectivity index (χ2n) is 10.8. The van der Waals surface area contributed by atoms with Crippen LogP contribution < -0.4 is 16.0 Å². The van der Waals surface area contributed by atoms with Crippen LogP contribution >= 0.6 is 21.6 Å². The van der Waals surface area contributed by atoms with Gasteiger partial charge in [0.05, 0.1) is 17.4 Å². The second kappa shape index (κ2) is 13.7. The molecule has 232 valence electrons. The van der Waals surface area contributed by atoms with E-state index in [1.54, 1.807) is 12.1 Å². The normalized spacial score (nSPS) is 27.6. The van der Waals surface area contributed by atoms with Crippen molar-refractivity contribution in [1.29, 1.82) is 0 Å². The molecule has 0 radical (unpaired) electrons. The first kappa shape index (κ1) is 32.2. The maximum atomic E-state index is 13.7. The lowest BCUT2D eigenvalue weighted by Crippen LogP contribution is -2.55. The van der Waals surface area contributed by atoms with Gasteiger partial charge in [-0.15, -0.1) is 0 Å². The van der Waals surface area contributed by atoms with Gasteiger partial charge in [0, 0.05) is 24.8 Å². The highest BCUT2D eigenvalue weighted by Crippen LogP contribution is 2.41. The van der Waals surface area contributed by atoms with Crippen LogP contribution in [-0.2, 0) is 29.1 Å². The third-order valence-corrected chi connectivity index (χ3v) is 11.7. The summed E-state index contributed by atoms with van der Waals surface area (Å²) < 4.78 is 31.3. The zero-order valence-corrected chi connectivity index (χ0v) is 25.6. The number of carbonyl (C=O) groups excluding carboxylic acids is 3. The van der Waals surface area contributed by atoms with Crippen LogP contribution in [0.4, 0.5) is 4.79 Å². The highest BCUT2D eigenvalue weighted by atomic mass is 33.1. The number of nitrogens with one attached hydrogen (secondary N) is 3. The molecule has 42 heavy (non-hydrogen) atoms. The Hall–Kier alpha value is -2.69. The van der Waals surface area contributed by atoms with Crippen molar-refractivity contribution < 1.29 is 42.5 Å². The Morgan fingerprint density at radius 1 is 1.10 bits per heavy atom. The molecule has 13 nitrogen and oxygen atoms in total. The molecule has 1 saturated carbocycles. The summed E-state index contributed by atoms with van der Waals surface area (Å²) in [4.78, 5) is 51.5. The largest absolute Gasteiger partial charge is 0.508 e. The lowest BCUT2D eigenvalue weighted by molar-refractivity contribution is -0.134. The summed E-state index contributed by atoms with van der Waals surface area (Å²) in [6.07, 6.45) is 1.99. The number of carboxylic acid groups (broad SMARTS) is 1. The van der Waals surface area contributed by atoms with Crippen molar-refractivity contribution in [3.05, 3.63) is 29.8 Å². The standard InChI is InChI=1S/C26H36N4O9S3/c1-42(37,38)30-13-8-18(16-4-6-17(31)7-5-16)21(30)23(33)28-19-14-40-41-15-20(39-25(35)36)29-24(34)26(9-2-3-10-26)11-12-27-22(19)32/h4-7,18-21,31H,2-3,8-15H2,1H3,(H,27,32)(H,28,33)(H,29,34)(H,35,36)/t18-,19+,20-,21+/m1/s1. The first-order valence-corrected chi connectivity index (χ1v) is 18.0. The van der Waals surface area contributed by atoms with E-state index in [9.17, 15) is 32.7 Å². The van der Waals surface area contributed by atoms with Crippen molar-refractivity contribution in [2.75, 3.05) is 30.9 Å². The molecule has 1 aromatic carbocycles. The van der Waals surface area contributed by atoms with Crippen molar-refractivity contribution >= 4 is 55.5 Å². The summed E-state index contributed by atoms with van der Waals surface area (Å²) in [5.41, 5.74) is -0.0817. The van der Waals surface area contributed by atoms with Gasteiger partial charge < -0.3 is 30.9 Å². The van der Waals surface area contributed by atoms with Crippen LogP contribution in [0.1, 0.15) is 50.0 Å². The number of aromatic hydroxyl groups is 1. The minimum absolute atomic E-state index is 0.0419. The van der Waals surface area contributed by atoms with Crippen LogP contribution in [0.25, 0.3) is 0 Å². The highest BCUT2D eigenvalue weighted by molar-refractivity contribution is 8.76. The van der Waals surface area contributed by atoms with E-state index < -0.39 is 57.6 Å². The third kappa shape index (κ3) is 7.82. The Morgan fingerprint density at radius 3 is 2.40 bits per heavy atom. The van der Waals surface area contributed by atoms with Crippen LogP contribution in [0, 0.1) is 5.41 Å². The van der Waals surface area contributed by atoms with Crippen molar-refractivity contribution in [3.63, 3.8) is 0 Å². The van der Waals surface area contributed by atoms with Crippen LogP contribution in [0.15, 0.2) is 24.3 Å².